The molecule has 29 heavy (non-hydrogen) atoms. The Morgan fingerprint density at radius 1 is 1.17 bits per heavy atom. The number of carbonyl (C=O) groups excluding carboxylic acids is 1. The third-order valence-corrected chi connectivity index (χ3v) is 5.42. The van der Waals surface area contributed by atoms with Crippen LogP contribution in [0.15, 0.2) is 47.4 Å². The second-order valence-electron chi connectivity index (χ2n) is 7.64. The second kappa shape index (κ2) is 8.65. The normalized spacial score (nSPS) is 11.3. The summed E-state index contributed by atoms with van der Waals surface area (Å²) in [6, 6.07) is 13.7. The summed E-state index contributed by atoms with van der Waals surface area (Å²) >= 11 is 1.50. The Bertz CT molecular complexity index is 993. The maximum atomic E-state index is 12.4. The minimum atomic E-state index is -0.0838. The van der Waals surface area contributed by atoms with E-state index < -0.39 is 0 Å². The quantitative estimate of drug-likeness (QED) is 0.617. The van der Waals surface area contributed by atoms with Crippen LogP contribution in [0.4, 0.5) is 5.69 Å². The molecule has 0 radical (unpaired) electrons. The third kappa shape index (κ3) is 5.14. The summed E-state index contributed by atoms with van der Waals surface area (Å²) in [4.78, 5) is 13.5. The Morgan fingerprint density at radius 3 is 2.48 bits per heavy atom. The molecule has 0 aliphatic carbocycles. The zero-order valence-corrected chi connectivity index (χ0v) is 18.1. The van der Waals surface area contributed by atoms with E-state index in [0.717, 1.165) is 4.90 Å². The largest absolute Gasteiger partial charge is 0.494 e. The van der Waals surface area contributed by atoms with Crippen molar-refractivity contribution in [1.29, 1.82) is 0 Å². The first-order chi connectivity index (χ1) is 13.8. The summed E-state index contributed by atoms with van der Waals surface area (Å²) in [5, 5.41) is 14.5. The molecule has 8 heteroatoms. The maximum Gasteiger partial charge on any atom is 0.234 e. The minimum Gasteiger partial charge on any atom is -0.494 e. The van der Waals surface area contributed by atoms with Crippen molar-refractivity contribution in [3.8, 4) is 11.4 Å². The molecular formula is C21H25N5O2S. The summed E-state index contributed by atoms with van der Waals surface area (Å²) in [5.74, 6) is 1.48. The van der Waals surface area contributed by atoms with E-state index in [1.165, 1.54) is 17.3 Å². The molecule has 1 heterocycles. The van der Waals surface area contributed by atoms with Gasteiger partial charge >= 0.3 is 0 Å². The molecule has 152 valence electrons. The van der Waals surface area contributed by atoms with E-state index in [2.05, 4.69) is 65.9 Å². The molecule has 0 bridgehead atoms. The lowest BCUT2D eigenvalue weighted by Gasteiger charge is -2.19. The molecule has 0 saturated carbocycles. The molecule has 2 aromatic carbocycles. The van der Waals surface area contributed by atoms with Gasteiger partial charge in [0.1, 0.15) is 11.4 Å². The number of carbonyl (C=O) groups is 1. The average Bonchev–Trinajstić information content (AvgIpc) is 3.11. The molecule has 3 rings (SSSR count). The van der Waals surface area contributed by atoms with E-state index >= 15 is 0 Å². The smallest absolute Gasteiger partial charge is 0.234 e. The molecular weight excluding hydrogens is 386 g/mol. The Kier molecular flexibility index (Phi) is 6.22. The SMILES string of the molecule is COc1ccc(NC(=O)CSc2ccc(C(C)(C)C)cc2)cc1-n1nnnc1C. The van der Waals surface area contributed by atoms with Gasteiger partial charge in [0.2, 0.25) is 5.91 Å². The molecule has 0 fully saturated rings. The number of nitrogens with one attached hydrogen (secondary N) is 1. The van der Waals surface area contributed by atoms with Gasteiger partial charge in [0.05, 0.1) is 12.9 Å². The first-order valence-corrected chi connectivity index (χ1v) is 10.2. The zero-order chi connectivity index (χ0) is 21.0. The van der Waals surface area contributed by atoms with Crippen molar-refractivity contribution in [2.75, 3.05) is 18.2 Å². The van der Waals surface area contributed by atoms with Crippen molar-refractivity contribution in [1.82, 2.24) is 20.2 Å². The standard InChI is InChI=1S/C21H25N5O2S/c1-14-23-24-25-26(14)18-12-16(8-11-19(18)28-5)22-20(27)13-29-17-9-6-15(7-10-17)21(2,3)4/h6-12H,13H2,1-5H3,(H,22,27). The molecule has 0 atom stereocenters. The fourth-order valence-corrected chi connectivity index (χ4v) is 3.48. The van der Waals surface area contributed by atoms with E-state index in [4.69, 9.17) is 4.74 Å². The number of aromatic nitrogens is 4. The molecule has 0 aliphatic rings. The average molecular weight is 412 g/mol. The fourth-order valence-electron chi connectivity index (χ4n) is 2.78. The number of hydrogen-bond acceptors (Lipinski definition) is 6. The number of benzene rings is 2. The number of thioether (sulfide) groups is 1. The number of nitrogens with zero attached hydrogens (tertiary/aromatic N) is 4. The number of rotatable bonds is 6. The van der Waals surface area contributed by atoms with E-state index in [1.54, 1.807) is 36.9 Å². The number of methoxy groups -OCH3 is 1. The van der Waals surface area contributed by atoms with Crippen LogP contribution in [-0.4, -0.2) is 39.0 Å². The van der Waals surface area contributed by atoms with Crippen LogP contribution in [0.1, 0.15) is 32.2 Å². The predicted molar refractivity (Wildman–Crippen MR) is 115 cm³/mol. The molecule has 3 aromatic rings. The van der Waals surface area contributed by atoms with Crippen LogP contribution in [0.5, 0.6) is 5.75 Å². The summed E-state index contributed by atoms with van der Waals surface area (Å²) in [6.07, 6.45) is 0. The van der Waals surface area contributed by atoms with Gasteiger partial charge in [0, 0.05) is 10.6 Å². The van der Waals surface area contributed by atoms with Crippen LogP contribution in [0.2, 0.25) is 0 Å². The monoisotopic (exact) mass is 411 g/mol. The summed E-state index contributed by atoms with van der Waals surface area (Å²) < 4.78 is 6.96. The van der Waals surface area contributed by atoms with Crippen molar-refractivity contribution in [3.05, 3.63) is 53.9 Å². The van der Waals surface area contributed by atoms with Gasteiger partial charge in [0.15, 0.2) is 5.82 Å². The molecule has 1 amide bonds. The summed E-state index contributed by atoms with van der Waals surface area (Å²) in [7, 11) is 1.58. The molecule has 1 N–H and O–H groups in total. The van der Waals surface area contributed by atoms with Gasteiger partial charge in [-0.15, -0.1) is 16.9 Å². The number of tetrazole rings is 1. The Balaban J connectivity index is 1.66. The first kappa shape index (κ1) is 20.9. The van der Waals surface area contributed by atoms with Crippen LogP contribution in [0, 0.1) is 6.92 Å². The lowest BCUT2D eigenvalue weighted by atomic mass is 9.87. The highest BCUT2D eigenvalue weighted by atomic mass is 32.2. The molecule has 0 spiro atoms. The molecule has 0 aliphatic heterocycles. The van der Waals surface area contributed by atoms with Gasteiger partial charge in [-0.1, -0.05) is 32.9 Å². The van der Waals surface area contributed by atoms with Gasteiger partial charge in [-0.3, -0.25) is 4.79 Å². The zero-order valence-electron chi connectivity index (χ0n) is 17.3. The highest BCUT2D eigenvalue weighted by Crippen LogP contribution is 2.28. The van der Waals surface area contributed by atoms with Crippen LogP contribution >= 0.6 is 11.8 Å². The van der Waals surface area contributed by atoms with E-state index in [-0.39, 0.29) is 11.3 Å². The second-order valence-corrected chi connectivity index (χ2v) is 8.68. The van der Waals surface area contributed by atoms with Crippen molar-refractivity contribution >= 4 is 23.4 Å². The van der Waals surface area contributed by atoms with Crippen LogP contribution < -0.4 is 10.1 Å². The van der Waals surface area contributed by atoms with E-state index in [1.807, 2.05) is 0 Å². The lowest BCUT2D eigenvalue weighted by Crippen LogP contribution is -2.14. The van der Waals surface area contributed by atoms with Gasteiger partial charge in [-0.05, 0) is 58.7 Å². The van der Waals surface area contributed by atoms with Crippen molar-refractivity contribution in [3.63, 3.8) is 0 Å². The van der Waals surface area contributed by atoms with E-state index in [0.29, 0.717) is 28.7 Å². The summed E-state index contributed by atoms with van der Waals surface area (Å²) in [6.45, 7) is 8.35. The van der Waals surface area contributed by atoms with Gasteiger partial charge in [0.25, 0.3) is 0 Å². The first-order valence-electron chi connectivity index (χ1n) is 9.24. The Morgan fingerprint density at radius 2 is 1.90 bits per heavy atom. The van der Waals surface area contributed by atoms with E-state index in [9.17, 15) is 4.79 Å². The van der Waals surface area contributed by atoms with Gasteiger partial charge in [-0.25, -0.2) is 0 Å². The fraction of sp³-hybridized carbons (Fsp3) is 0.333. The van der Waals surface area contributed by atoms with Gasteiger partial charge in [-0.2, -0.15) is 4.68 Å². The third-order valence-electron chi connectivity index (χ3n) is 4.41. The lowest BCUT2D eigenvalue weighted by molar-refractivity contribution is -0.113. The Hall–Kier alpha value is -2.87. The van der Waals surface area contributed by atoms with Crippen molar-refractivity contribution < 1.29 is 9.53 Å². The molecule has 0 saturated heterocycles. The topological polar surface area (TPSA) is 81.9 Å². The van der Waals surface area contributed by atoms with Crippen LogP contribution in [0.25, 0.3) is 5.69 Å². The van der Waals surface area contributed by atoms with Crippen molar-refractivity contribution in [2.24, 2.45) is 0 Å². The molecule has 7 nitrogen and oxygen atoms in total. The maximum absolute atomic E-state index is 12.4. The minimum absolute atomic E-state index is 0.0838. The summed E-state index contributed by atoms with van der Waals surface area (Å²) in [5.41, 5.74) is 2.71. The van der Waals surface area contributed by atoms with Crippen molar-refractivity contribution in [2.45, 2.75) is 38.0 Å². The number of aryl methyl sites for hydroxylation is 1. The Labute approximate surface area is 174 Å². The molecule has 1 aromatic heterocycles. The highest BCUT2D eigenvalue weighted by molar-refractivity contribution is 8.00. The van der Waals surface area contributed by atoms with Crippen LogP contribution in [-0.2, 0) is 10.2 Å². The molecule has 0 unspecified atom stereocenters. The number of hydrogen-bond donors (Lipinski definition) is 1. The number of ether oxygens (including phenoxy) is 1. The van der Waals surface area contributed by atoms with Gasteiger partial charge < -0.3 is 10.1 Å². The number of amides is 1. The van der Waals surface area contributed by atoms with Crippen LogP contribution in [0.3, 0.4) is 0 Å². The highest BCUT2D eigenvalue weighted by Gasteiger charge is 2.14. The predicted octanol–water partition coefficient (Wildman–Crippen LogP) is 4.01. The number of anilines is 1.